The predicted octanol–water partition coefficient (Wildman–Crippen LogP) is 2.62. The van der Waals surface area contributed by atoms with Crippen molar-refractivity contribution >= 4 is 17.5 Å². The van der Waals surface area contributed by atoms with Gasteiger partial charge in [-0.25, -0.2) is 0 Å². The highest BCUT2D eigenvalue weighted by molar-refractivity contribution is 8.02. The van der Waals surface area contributed by atoms with Crippen LogP contribution in [0.5, 0.6) is 0 Å². The van der Waals surface area contributed by atoms with E-state index in [1.165, 1.54) is 11.3 Å². The van der Waals surface area contributed by atoms with Gasteiger partial charge in [0.25, 0.3) is 0 Å². The average Bonchev–Trinajstić information content (AvgIpc) is 2.53. The fourth-order valence-corrected chi connectivity index (χ4v) is 2.20. The number of hydrogen-bond acceptors (Lipinski definition) is 2. The van der Waals surface area contributed by atoms with Gasteiger partial charge in [0.2, 0.25) is 0 Å². The molecule has 1 aliphatic rings. The first-order chi connectivity index (χ1) is 5.88. The minimum Gasteiger partial charge on any atom is -0.364 e. The van der Waals surface area contributed by atoms with E-state index in [2.05, 4.69) is 41.6 Å². The Morgan fingerprint density at radius 1 is 1.25 bits per heavy atom. The fourth-order valence-electron chi connectivity index (χ4n) is 1.28. The molecule has 0 aliphatic carbocycles. The summed E-state index contributed by atoms with van der Waals surface area (Å²) in [5.41, 5.74) is 2.64. The molecule has 0 bridgehead atoms. The molecular formula is C10H11NS. The van der Waals surface area contributed by atoms with Crippen molar-refractivity contribution in [3.63, 3.8) is 0 Å². The molecule has 1 aromatic rings. The lowest BCUT2D eigenvalue weighted by atomic mass is 10.2. The summed E-state index contributed by atoms with van der Waals surface area (Å²) in [7, 11) is 2.12. The van der Waals surface area contributed by atoms with Crippen molar-refractivity contribution in [1.82, 2.24) is 4.90 Å². The van der Waals surface area contributed by atoms with Crippen LogP contribution in [0, 0.1) is 0 Å². The molecule has 0 N–H and O–H groups in total. The first-order valence-electron chi connectivity index (χ1n) is 3.96. The maximum Gasteiger partial charge on any atom is 0.0677 e. The lowest BCUT2D eigenvalue weighted by Gasteiger charge is -2.14. The van der Waals surface area contributed by atoms with Gasteiger partial charge in [-0.15, -0.1) is 11.8 Å². The summed E-state index contributed by atoms with van der Waals surface area (Å²) in [6.45, 7) is 0. The molecule has 0 saturated heterocycles. The Morgan fingerprint density at radius 2 is 2.00 bits per heavy atom. The van der Waals surface area contributed by atoms with Crippen molar-refractivity contribution in [2.75, 3.05) is 12.9 Å². The molecule has 1 nitrogen and oxygen atoms in total. The van der Waals surface area contributed by atoms with Gasteiger partial charge in [-0.1, -0.05) is 30.3 Å². The molecule has 62 valence electrons. The van der Waals surface area contributed by atoms with Crippen LogP contribution in [-0.4, -0.2) is 17.8 Å². The van der Waals surface area contributed by atoms with Gasteiger partial charge in [0, 0.05) is 7.05 Å². The van der Waals surface area contributed by atoms with Crippen LogP contribution in [0.3, 0.4) is 0 Å². The van der Waals surface area contributed by atoms with E-state index in [4.69, 9.17) is 0 Å². The molecule has 1 heterocycles. The molecule has 0 spiro atoms. The number of hydrogen-bond donors (Lipinski definition) is 0. The van der Waals surface area contributed by atoms with Crippen LogP contribution >= 0.6 is 11.8 Å². The third-order valence-electron chi connectivity index (χ3n) is 1.94. The molecule has 0 unspecified atom stereocenters. The first-order valence-corrected chi connectivity index (χ1v) is 5.01. The molecule has 0 aromatic heterocycles. The van der Waals surface area contributed by atoms with Crippen LogP contribution in [0.15, 0.2) is 35.7 Å². The zero-order valence-electron chi connectivity index (χ0n) is 7.03. The van der Waals surface area contributed by atoms with Crippen LogP contribution in [0.1, 0.15) is 5.56 Å². The van der Waals surface area contributed by atoms with Crippen LogP contribution in [0.2, 0.25) is 0 Å². The Bertz CT molecular complexity index is 292. The van der Waals surface area contributed by atoms with Crippen molar-refractivity contribution in [1.29, 1.82) is 0 Å². The minimum absolute atomic E-state index is 1.07. The van der Waals surface area contributed by atoms with Gasteiger partial charge >= 0.3 is 0 Å². The summed E-state index contributed by atoms with van der Waals surface area (Å²) in [6.07, 6.45) is 0. The Balaban J connectivity index is 2.31. The van der Waals surface area contributed by atoms with Crippen molar-refractivity contribution in [2.24, 2.45) is 0 Å². The summed E-state index contributed by atoms with van der Waals surface area (Å²) in [5, 5.41) is 2.22. The molecule has 1 aliphatic heterocycles. The lowest BCUT2D eigenvalue weighted by Crippen LogP contribution is -2.10. The lowest BCUT2D eigenvalue weighted by molar-refractivity contribution is 0.578. The van der Waals surface area contributed by atoms with E-state index in [1.807, 2.05) is 17.8 Å². The highest BCUT2D eigenvalue weighted by atomic mass is 32.2. The molecule has 0 radical (unpaired) electrons. The monoisotopic (exact) mass is 177 g/mol. The second-order valence-corrected chi connectivity index (χ2v) is 3.69. The van der Waals surface area contributed by atoms with E-state index in [1.54, 1.807) is 0 Å². The molecule has 2 rings (SSSR count). The molecule has 1 aromatic carbocycles. The Kier molecular flexibility index (Phi) is 2.09. The van der Waals surface area contributed by atoms with Gasteiger partial charge in [-0.2, -0.15) is 0 Å². The molecule has 0 fully saturated rings. The van der Waals surface area contributed by atoms with Crippen molar-refractivity contribution in [3.05, 3.63) is 41.3 Å². The van der Waals surface area contributed by atoms with Crippen molar-refractivity contribution in [3.8, 4) is 0 Å². The van der Waals surface area contributed by atoms with E-state index in [0.717, 1.165) is 5.88 Å². The van der Waals surface area contributed by atoms with Crippen LogP contribution in [0.25, 0.3) is 5.70 Å². The quantitative estimate of drug-likeness (QED) is 0.648. The highest BCUT2D eigenvalue weighted by Gasteiger charge is 2.11. The fraction of sp³-hybridized carbons (Fsp3) is 0.200. The molecule has 12 heavy (non-hydrogen) atoms. The van der Waals surface area contributed by atoms with Crippen molar-refractivity contribution < 1.29 is 0 Å². The maximum atomic E-state index is 2.26. The van der Waals surface area contributed by atoms with E-state index < -0.39 is 0 Å². The predicted molar refractivity (Wildman–Crippen MR) is 54.6 cm³/mol. The summed E-state index contributed by atoms with van der Waals surface area (Å²) in [6, 6.07) is 10.5. The summed E-state index contributed by atoms with van der Waals surface area (Å²) in [5.74, 6) is 1.07. The topological polar surface area (TPSA) is 3.24 Å². The zero-order chi connectivity index (χ0) is 8.39. The molecule has 0 amide bonds. The normalized spacial score (nSPS) is 16.4. The number of nitrogens with zero attached hydrogens (tertiary/aromatic N) is 1. The zero-order valence-corrected chi connectivity index (χ0v) is 7.84. The Labute approximate surface area is 77.1 Å². The van der Waals surface area contributed by atoms with E-state index >= 15 is 0 Å². The first kappa shape index (κ1) is 7.74. The van der Waals surface area contributed by atoms with E-state index in [0.29, 0.717) is 0 Å². The van der Waals surface area contributed by atoms with Crippen LogP contribution in [-0.2, 0) is 0 Å². The smallest absolute Gasteiger partial charge is 0.0677 e. The number of thioether (sulfide) groups is 1. The third-order valence-corrected chi connectivity index (χ3v) is 2.87. The van der Waals surface area contributed by atoms with Gasteiger partial charge < -0.3 is 4.90 Å². The molecule has 0 saturated carbocycles. The summed E-state index contributed by atoms with van der Waals surface area (Å²) in [4.78, 5) is 2.26. The highest BCUT2D eigenvalue weighted by Crippen LogP contribution is 2.28. The summed E-state index contributed by atoms with van der Waals surface area (Å²) < 4.78 is 0. The van der Waals surface area contributed by atoms with Gasteiger partial charge in [0.1, 0.15) is 0 Å². The van der Waals surface area contributed by atoms with Crippen LogP contribution in [0.4, 0.5) is 0 Å². The maximum absolute atomic E-state index is 2.26. The second kappa shape index (κ2) is 3.23. The average molecular weight is 177 g/mol. The number of rotatable bonds is 1. The Hall–Kier alpha value is -0.890. The van der Waals surface area contributed by atoms with Gasteiger partial charge in [-0.3, -0.25) is 0 Å². The van der Waals surface area contributed by atoms with Gasteiger partial charge in [0.15, 0.2) is 0 Å². The second-order valence-electron chi connectivity index (χ2n) is 2.86. The minimum atomic E-state index is 1.07. The SMILES string of the molecule is CN1CSC=C1c1ccccc1. The largest absolute Gasteiger partial charge is 0.364 e. The number of benzene rings is 1. The standard InChI is InChI=1S/C10H11NS/c1-11-8-12-7-10(11)9-5-3-2-4-6-9/h2-7H,8H2,1H3. The van der Waals surface area contributed by atoms with E-state index in [9.17, 15) is 0 Å². The van der Waals surface area contributed by atoms with Gasteiger partial charge in [-0.05, 0) is 11.0 Å². The van der Waals surface area contributed by atoms with Crippen molar-refractivity contribution in [2.45, 2.75) is 0 Å². The molecule has 0 atom stereocenters. The summed E-state index contributed by atoms with van der Waals surface area (Å²) >= 11 is 1.85. The van der Waals surface area contributed by atoms with Gasteiger partial charge in [0.05, 0.1) is 11.6 Å². The molecule has 2 heteroatoms. The van der Waals surface area contributed by atoms with Crippen LogP contribution < -0.4 is 0 Å². The molecular weight excluding hydrogens is 166 g/mol. The Morgan fingerprint density at radius 3 is 2.58 bits per heavy atom. The van der Waals surface area contributed by atoms with E-state index in [-0.39, 0.29) is 0 Å². The third kappa shape index (κ3) is 1.34.